The smallest absolute Gasteiger partial charge is 0.230 e. The van der Waals surface area contributed by atoms with Crippen molar-refractivity contribution in [2.45, 2.75) is 31.1 Å². The van der Waals surface area contributed by atoms with Crippen molar-refractivity contribution in [2.24, 2.45) is 0 Å². The number of rotatable bonds is 7. The Morgan fingerprint density at radius 3 is 2.75 bits per heavy atom. The molecule has 1 saturated carbocycles. The summed E-state index contributed by atoms with van der Waals surface area (Å²) in [5.41, 5.74) is 1.03. The van der Waals surface area contributed by atoms with Gasteiger partial charge in [-0.15, -0.1) is 0 Å². The highest BCUT2D eigenvalue weighted by molar-refractivity contribution is 5.89. The van der Waals surface area contributed by atoms with Crippen molar-refractivity contribution in [3.8, 4) is 5.75 Å². The highest BCUT2D eigenvalue weighted by Crippen LogP contribution is 2.44. The number of hydrogen-bond donors (Lipinski definition) is 1. The molecule has 1 amide bonds. The topological polar surface area (TPSA) is 51.2 Å². The van der Waals surface area contributed by atoms with Crippen molar-refractivity contribution < 1.29 is 13.9 Å². The molecule has 1 N–H and O–H groups in total. The minimum atomic E-state index is -0.581. The van der Waals surface area contributed by atoms with E-state index < -0.39 is 5.41 Å². The Hall–Kier alpha value is -2.95. The average Bonchev–Trinajstić information content (AvgIpc) is 2.67. The number of nitrogens with zero attached hydrogens (tertiary/aromatic N) is 1. The van der Waals surface area contributed by atoms with Gasteiger partial charge in [-0.2, -0.15) is 0 Å². The number of halogens is 1. The van der Waals surface area contributed by atoms with Gasteiger partial charge in [0.25, 0.3) is 0 Å². The number of carbonyl (C=O) groups is 1. The zero-order valence-corrected chi connectivity index (χ0v) is 15.7. The molecule has 4 rings (SSSR count). The maximum Gasteiger partial charge on any atom is 0.230 e. The second-order valence-electron chi connectivity index (χ2n) is 7.24. The van der Waals surface area contributed by atoms with Gasteiger partial charge >= 0.3 is 0 Å². The Labute approximate surface area is 163 Å². The summed E-state index contributed by atoms with van der Waals surface area (Å²) in [6.45, 7) is 1.01. The molecule has 28 heavy (non-hydrogen) atoms. The van der Waals surface area contributed by atoms with E-state index >= 15 is 0 Å². The molecule has 0 spiro atoms. The molecule has 0 radical (unpaired) electrons. The number of aromatic nitrogens is 1. The van der Waals surface area contributed by atoms with E-state index in [0.717, 1.165) is 41.5 Å². The Balaban J connectivity index is 1.31. The van der Waals surface area contributed by atoms with Crippen LogP contribution in [0.2, 0.25) is 0 Å². The summed E-state index contributed by atoms with van der Waals surface area (Å²) in [6.07, 6.45) is 4.95. The van der Waals surface area contributed by atoms with Crippen LogP contribution >= 0.6 is 0 Å². The summed E-state index contributed by atoms with van der Waals surface area (Å²) in [5, 5.41) is 4.05. The van der Waals surface area contributed by atoms with Crippen LogP contribution in [0.4, 0.5) is 4.39 Å². The number of benzene rings is 2. The van der Waals surface area contributed by atoms with Gasteiger partial charge < -0.3 is 10.1 Å². The van der Waals surface area contributed by atoms with Crippen LogP contribution in [0.25, 0.3) is 10.9 Å². The van der Waals surface area contributed by atoms with Gasteiger partial charge in [0.2, 0.25) is 5.91 Å². The fraction of sp³-hybridized carbons (Fsp3) is 0.304. The standard InChI is InChI=1S/C23H23FN2O2/c24-19-9-2-8-18(16-19)23(11-4-12-23)22(27)26-14-5-15-28-20-10-1-6-17-7-3-13-25-21(17)20/h1-3,6-10,13,16H,4-5,11-12,14-15H2,(H,26,27). The van der Waals surface area contributed by atoms with Gasteiger partial charge in [-0.3, -0.25) is 9.78 Å². The minimum absolute atomic E-state index is 0.0174. The third-order valence-corrected chi connectivity index (χ3v) is 5.48. The molecule has 1 aromatic heterocycles. The van der Waals surface area contributed by atoms with E-state index in [1.165, 1.54) is 12.1 Å². The monoisotopic (exact) mass is 378 g/mol. The van der Waals surface area contributed by atoms with Crippen LogP contribution in [0.15, 0.2) is 60.8 Å². The number of ether oxygens (including phenoxy) is 1. The van der Waals surface area contributed by atoms with Gasteiger partial charge in [0.1, 0.15) is 17.1 Å². The second kappa shape index (κ2) is 7.97. The van der Waals surface area contributed by atoms with Gasteiger partial charge in [-0.25, -0.2) is 4.39 Å². The summed E-state index contributed by atoms with van der Waals surface area (Å²) in [5.74, 6) is 0.435. The van der Waals surface area contributed by atoms with Crippen LogP contribution in [0.3, 0.4) is 0 Å². The summed E-state index contributed by atoms with van der Waals surface area (Å²) in [4.78, 5) is 17.2. The molecule has 1 heterocycles. The van der Waals surface area contributed by atoms with Crippen molar-refractivity contribution in [1.82, 2.24) is 10.3 Å². The molecule has 0 saturated heterocycles. The van der Waals surface area contributed by atoms with Crippen LogP contribution in [-0.2, 0) is 10.2 Å². The van der Waals surface area contributed by atoms with E-state index in [9.17, 15) is 9.18 Å². The van der Waals surface area contributed by atoms with Crippen LogP contribution in [0.5, 0.6) is 5.75 Å². The number of nitrogens with one attached hydrogen (secondary N) is 1. The van der Waals surface area contributed by atoms with E-state index in [1.807, 2.05) is 36.4 Å². The SMILES string of the molecule is O=C(NCCCOc1cccc2cccnc12)C1(c2cccc(F)c2)CCC1. The van der Waals surface area contributed by atoms with Gasteiger partial charge in [0.15, 0.2) is 0 Å². The summed E-state index contributed by atoms with van der Waals surface area (Å²) >= 11 is 0. The Bertz CT molecular complexity index is 980. The molecule has 2 aromatic carbocycles. The predicted molar refractivity (Wildman–Crippen MR) is 107 cm³/mol. The molecule has 0 aliphatic heterocycles. The lowest BCUT2D eigenvalue weighted by Crippen LogP contribution is -2.49. The Morgan fingerprint density at radius 2 is 1.96 bits per heavy atom. The number of hydrogen-bond acceptors (Lipinski definition) is 3. The molecule has 3 aromatic rings. The van der Waals surface area contributed by atoms with Crippen molar-refractivity contribution in [3.63, 3.8) is 0 Å². The third kappa shape index (κ3) is 3.57. The minimum Gasteiger partial charge on any atom is -0.491 e. The first-order valence-corrected chi connectivity index (χ1v) is 9.70. The first-order valence-electron chi connectivity index (χ1n) is 9.70. The van der Waals surface area contributed by atoms with Crippen molar-refractivity contribution in [2.75, 3.05) is 13.2 Å². The highest BCUT2D eigenvalue weighted by atomic mass is 19.1. The summed E-state index contributed by atoms with van der Waals surface area (Å²) in [7, 11) is 0. The van der Waals surface area contributed by atoms with E-state index in [-0.39, 0.29) is 11.7 Å². The molecule has 4 nitrogen and oxygen atoms in total. The molecule has 0 atom stereocenters. The predicted octanol–water partition coefficient (Wildman–Crippen LogP) is 4.38. The van der Waals surface area contributed by atoms with E-state index in [2.05, 4.69) is 10.3 Å². The van der Waals surface area contributed by atoms with Crippen LogP contribution < -0.4 is 10.1 Å². The quantitative estimate of drug-likeness (QED) is 0.621. The maximum absolute atomic E-state index is 13.6. The lowest BCUT2D eigenvalue weighted by atomic mass is 9.64. The zero-order chi connectivity index (χ0) is 19.4. The number of pyridine rings is 1. The van der Waals surface area contributed by atoms with E-state index in [4.69, 9.17) is 4.74 Å². The van der Waals surface area contributed by atoms with Crippen molar-refractivity contribution in [3.05, 3.63) is 72.2 Å². The molecule has 1 aliphatic carbocycles. The molecule has 144 valence electrons. The number of fused-ring (bicyclic) bond motifs is 1. The molecule has 0 unspecified atom stereocenters. The molecule has 0 bridgehead atoms. The van der Waals surface area contributed by atoms with Crippen LogP contribution in [0, 0.1) is 5.82 Å². The van der Waals surface area contributed by atoms with E-state index in [1.54, 1.807) is 12.3 Å². The second-order valence-corrected chi connectivity index (χ2v) is 7.24. The number of para-hydroxylation sites is 1. The van der Waals surface area contributed by atoms with Gasteiger partial charge in [0.05, 0.1) is 12.0 Å². The lowest BCUT2D eigenvalue weighted by Gasteiger charge is -2.40. The fourth-order valence-corrected chi connectivity index (χ4v) is 3.78. The van der Waals surface area contributed by atoms with E-state index in [0.29, 0.717) is 19.6 Å². The van der Waals surface area contributed by atoms with Crippen LogP contribution in [-0.4, -0.2) is 24.0 Å². The molecular formula is C23H23FN2O2. The van der Waals surface area contributed by atoms with Gasteiger partial charge in [-0.1, -0.05) is 36.8 Å². The largest absolute Gasteiger partial charge is 0.491 e. The van der Waals surface area contributed by atoms with Gasteiger partial charge in [0, 0.05) is 18.1 Å². The highest BCUT2D eigenvalue weighted by Gasteiger charge is 2.45. The molecule has 1 fully saturated rings. The van der Waals surface area contributed by atoms with Crippen LogP contribution in [0.1, 0.15) is 31.2 Å². The third-order valence-electron chi connectivity index (χ3n) is 5.48. The molecule has 5 heteroatoms. The normalized spacial score (nSPS) is 15.0. The molecule has 1 aliphatic rings. The number of carbonyl (C=O) groups excluding carboxylic acids is 1. The Morgan fingerprint density at radius 1 is 1.14 bits per heavy atom. The fourth-order valence-electron chi connectivity index (χ4n) is 3.78. The summed E-state index contributed by atoms with van der Waals surface area (Å²) in [6, 6.07) is 16.2. The van der Waals surface area contributed by atoms with Gasteiger partial charge in [-0.05, 0) is 49.1 Å². The van der Waals surface area contributed by atoms with Crippen molar-refractivity contribution in [1.29, 1.82) is 0 Å². The Kier molecular flexibility index (Phi) is 5.24. The number of amides is 1. The zero-order valence-electron chi connectivity index (χ0n) is 15.7. The average molecular weight is 378 g/mol. The molecular weight excluding hydrogens is 355 g/mol. The first-order chi connectivity index (χ1) is 13.7. The maximum atomic E-state index is 13.6. The first kappa shape index (κ1) is 18.4. The summed E-state index contributed by atoms with van der Waals surface area (Å²) < 4.78 is 19.5. The van der Waals surface area contributed by atoms with Crippen molar-refractivity contribution >= 4 is 16.8 Å². The lowest BCUT2D eigenvalue weighted by molar-refractivity contribution is -0.129.